The number of rotatable bonds is 1. The van der Waals surface area contributed by atoms with Crippen LogP contribution >= 0.6 is 15.9 Å². The number of benzene rings is 1. The number of hydrogen-bond acceptors (Lipinski definition) is 3. The second-order valence-electron chi connectivity index (χ2n) is 6.52. The van der Waals surface area contributed by atoms with Crippen LogP contribution in [-0.4, -0.2) is 23.1 Å². The molecule has 2 heterocycles. The molecule has 1 aromatic carbocycles. The molecule has 0 amide bonds. The summed E-state index contributed by atoms with van der Waals surface area (Å²) in [6.07, 6.45) is 1.51. The van der Waals surface area contributed by atoms with E-state index in [9.17, 15) is 9.90 Å². The number of aliphatic hydroxyl groups excluding tert-OH is 1. The summed E-state index contributed by atoms with van der Waals surface area (Å²) in [6, 6.07) is 4.12. The molecule has 4 atom stereocenters. The molecule has 0 spiro atoms. The van der Waals surface area contributed by atoms with Crippen molar-refractivity contribution in [3.63, 3.8) is 0 Å². The lowest BCUT2D eigenvalue weighted by Crippen LogP contribution is -2.27. The van der Waals surface area contributed by atoms with E-state index in [1.165, 1.54) is 0 Å². The van der Waals surface area contributed by atoms with Crippen LogP contribution in [0.2, 0.25) is 0 Å². The first-order valence-corrected chi connectivity index (χ1v) is 8.27. The monoisotopic (exact) mass is 360 g/mol. The van der Waals surface area contributed by atoms with Gasteiger partial charge in [0, 0.05) is 4.48 Å². The SMILES string of the molecule is Cc1cc(C)c(C2=C(O)[C@@H]3C4OC(C=C4Br)[C@@H]3C2=O)c(C)c1. The van der Waals surface area contributed by atoms with E-state index < -0.39 is 0 Å². The number of aryl methyl sites for hydroxylation is 3. The van der Waals surface area contributed by atoms with E-state index in [1.807, 2.05) is 26.8 Å². The molecular weight excluding hydrogens is 344 g/mol. The van der Waals surface area contributed by atoms with Crippen molar-refractivity contribution in [3.05, 3.63) is 50.7 Å². The van der Waals surface area contributed by atoms with Crippen LogP contribution in [0.25, 0.3) is 5.57 Å². The standard InChI is InChI=1S/C18H17BrO3/c1-7-4-8(2)12(9(3)5-7)14-16(20)13-11-6-10(19)18(22-11)15(13)17(14)21/h4-6,11,13,15,18,21H,1-3H3/t11?,13-,15+,18?/m0/s1. The lowest BCUT2D eigenvalue weighted by atomic mass is 9.84. The summed E-state index contributed by atoms with van der Waals surface area (Å²) in [5, 5.41) is 10.8. The normalized spacial score (nSPS) is 32.7. The fraction of sp³-hybridized carbons (Fsp3) is 0.389. The molecule has 0 aromatic heterocycles. The highest BCUT2D eigenvalue weighted by Crippen LogP contribution is 2.54. The Morgan fingerprint density at radius 3 is 2.41 bits per heavy atom. The van der Waals surface area contributed by atoms with Gasteiger partial charge in [0.15, 0.2) is 5.78 Å². The number of hydrogen-bond donors (Lipinski definition) is 1. The molecular formula is C18H17BrO3. The van der Waals surface area contributed by atoms with E-state index in [2.05, 4.69) is 28.1 Å². The largest absolute Gasteiger partial charge is 0.511 e. The van der Waals surface area contributed by atoms with Crippen LogP contribution in [0.4, 0.5) is 0 Å². The minimum absolute atomic E-state index is 0.0151. The fourth-order valence-electron chi connectivity index (χ4n) is 4.27. The molecule has 3 nitrogen and oxygen atoms in total. The van der Waals surface area contributed by atoms with Gasteiger partial charge in [-0.1, -0.05) is 33.6 Å². The Hall–Kier alpha value is -1.39. The van der Waals surface area contributed by atoms with Crippen molar-refractivity contribution in [2.24, 2.45) is 11.8 Å². The summed E-state index contributed by atoms with van der Waals surface area (Å²) in [4.78, 5) is 12.9. The van der Waals surface area contributed by atoms with Gasteiger partial charge in [-0.25, -0.2) is 0 Å². The van der Waals surface area contributed by atoms with E-state index in [4.69, 9.17) is 4.74 Å². The van der Waals surface area contributed by atoms with E-state index in [1.54, 1.807) is 0 Å². The molecule has 0 saturated carbocycles. The van der Waals surface area contributed by atoms with Crippen LogP contribution in [0, 0.1) is 32.6 Å². The van der Waals surface area contributed by atoms with Gasteiger partial charge in [0.1, 0.15) is 11.9 Å². The van der Waals surface area contributed by atoms with Crippen LogP contribution in [-0.2, 0) is 9.53 Å². The average Bonchev–Trinajstić information content (AvgIpc) is 3.03. The summed E-state index contributed by atoms with van der Waals surface area (Å²) >= 11 is 3.48. The number of Topliss-reactive ketones (excluding diaryl/α,β-unsaturated/α-hetero) is 1. The molecule has 22 heavy (non-hydrogen) atoms. The number of carbonyl (C=O) groups excluding carboxylic acids is 1. The third kappa shape index (κ3) is 1.68. The van der Waals surface area contributed by atoms with Gasteiger partial charge in [-0.05, 0) is 43.5 Å². The van der Waals surface area contributed by atoms with Gasteiger partial charge in [0.2, 0.25) is 0 Å². The molecule has 4 rings (SSSR count). The van der Waals surface area contributed by atoms with Crippen LogP contribution in [0.1, 0.15) is 22.3 Å². The molecule has 2 aliphatic heterocycles. The first kappa shape index (κ1) is 14.2. The summed E-state index contributed by atoms with van der Waals surface area (Å²) in [7, 11) is 0. The third-order valence-corrected chi connectivity index (χ3v) is 5.73. The molecule has 1 N–H and O–H groups in total. The fourth-order valence-corrected chi connectivity index (χ4v) is 4.93. The van der Waals surface area contributed by atoms with Crippen LogP contribution in [0.15, 0.2) is 28.5 Å². The van der Waals surface area contributed by atoms with Gasteiger partial charge < -0.3 is 9.84 Å². The van der Waals surface area contributed by atoms with Crippen molar-refractivity contribution < 1.29 is 14.6 Å². The molecule has 2 unspecified atom stereocenters. The van der Waals surface area contributed by atoms with Gasteiger partial charge in [-0.2, -0.15) is 0 Å². The molecule has 1 saturated heterocycles. The summed E-state index contributed by atoms with van der Waals surface area (Å²) in [5.41, 5.74) is 4.62. The van der Waals surface area contributed by atoms with Crippen molar-refractivity contribution in [3.8, 4) is 0 Å². The highest BCUT2D eigenvalue weighted by atomic mass is 79.9. The third-order valence-electron chi connectivity index (χ3n) is 5.01. The molecule has 3 aliphatic rings. The van der Waals surface area contributed by atoms with Crippen molar-refractivity contribution in [1.82, 2.24) is 0 Å². The van der Waals surface area contributed by atoms with Crippen LogP contribution in [0.5, 0.6) is 0 Å². The van der Waals surface area contributed by atoms with E-state index >= 15 is 0 Å². The number of allylic oxidation sites excluding steroid dienone is 1. The quantitative estimate of drug-likeness (QED) is 0.829. The molecule has 1 aromatic rings. The lowest BCUT2D eigenvalue weighted by Gasteiger charge is -2.18. The van der Waals surface area contributed by atoms with Crippen molar-refractivity contribution in [1.29, 1.82) is 0 Å². The Labute approximate surface area is 137 Å². The van der Waals surface area contributed by atoms with Gasteiger partial charge in [-0.3, -0.25) is 4.79 Å². The van der Waals surface area contributed by atoms with E-state index in [0.717, 1.165) is 26.7 Å². The number of fused-ring (bicyclic) bond motifs is 5. The summed E-state index contributed by atoms with van der Waals surface area (Å²) in [6.45, 7) is 6.03. The molecule has 2 bridgehead atoms. The predicted molar refractivity (Wildman–Crippen MR) is 87.9 cm³/mol. The Kier molecular flexibility index (Phi) is 2.94. The first-order chi connectivity index (χ1) is 10.4. The highest BCUT2D eigenvalue weighted by Gasteiger charge is 2.59. The Balaban J connectivity index is 1.88. The maximum absolute atomic E-state index is 12.9. The molecule has 114 valence electrons. The van der Waals surface area contributed by atoms with Crippen LogP contribution in [0.3, 0.4) is 0 Å². The Morgan fingerprint density at radius 1 is 1.14 bits per heavy atom. The number of halogens is 1. The highest BCUT2D eigenvalue weighted by molar-refractivity contribution is 9.11. The predicted octanol–water partition coefficient (Wildman–Crippen LogP) is 3.76. The zero-order valence-corrected chi connectivity index (χ0v) is 14.3. The zero-order chi connectivity index (χ0) is 15.8. The first-order valence-electron chi connectivity index (χ1n) is 7.48. The van der Waals surface area contributed by atoms with Gasteiger partial charge in [-0.15, -0.1) is 0 Å². The molecule has 1 aliphatic carbocycles. The molecule has 1 fully saturated rings. The number of carbonyl (C=O) groups is 1. The number of aliphatic hydroxyl groups is 1. The number of ether oxygens (including phenoxy) is 1. The van der Waals surface area contributed by atoms with Crippen LogP contribution < -0.4 is 0 Å². The minimum Gasteiger partial charge on any atom is -0.511 e. The smallest absolute Gasteiger partial charge is 0.173 e. The van der Waals surface area contributed by atoms with Crippen molar-refractivity contribution in [2.75, 3.05) is 0 Å². The van der Waals surface area contributed by atoms with Gasteiger partial charge in [0.25, 0.3) is 0 Å². The van der Waals surface area contributed by atoms with E-state index in [-0.39, 0.29) is 35.6 Å². The van der Waals surface area contributed by atoms with Crippen molar-refractivity contribution >= 4 is 27.3 Å². The maximum Gasteiger partial charge on any atom is 0.173 e. The average molecular weight is 361 g/mol. The molecule has 0 radical (unpaired) electrons. The summed E-state index contributed by atoms with van der Waals surface area (Å²) < 4.78 is 6.74. The summed E-state index contributed by atoms with van der Waals surface area (Å²) in [5.74, 6) is -0.308. The minimum atomic E-state index is -0.276. The Bertz CT molecular complexity index is 752. The van der Waals surface area contributed by atoms with E-state index in [0.29, 0.717) is 5.57 Å². The second kappa shape index (κ2) is 4.56. The van der Waals surface area contributed by atoms with Gasteiger partial charge in [0.05, 0.1) is 23.5 Å². The Morgan fingerprint density at radius 2 is 1.77 bits per heavy atom. The number of ketones is 1. The van der Waals surface area contributed by atoms with Gasteiger partial charge >= 0.3 is 0 Å². The molecule has 4 heteroatoms. The zero-order valence-electron chi connectivity index (χ0n) is 12.7. The van der Waals surface area contributed by atoms with Crippen molar-refractivity contribution in [2.45, 2.75) is 33.0 Å². The lowest BCUT2D eigenvalue weighted by molar-refractivity contribution is -0.118. The maximum atomic E-state index is 12.9. The second-order valence-corrected chi connectivity index (χ2v) is 7.44. The topological polar surface area (TPSA) is 46.5 Å².